The minimum absolute atomic E-state index is 0. The van der Waals surface area contributed by atoms with Gasteiger partial charge in [-0.2, -0.15) is 4.57 Å². The molecule has 1 heterocycles. The largest absolute Gasteiger partial charge is 0.276 e. The molecule has 3 aromatic carbocycles. The zero-order valence-corrected chi connectivity index (χ0v) is 19.3. The molecule has 4 aromatic rings. The molecule has 154 valence electrons. The molecule has 0 radical (unpaired) electrons. The minimum Gasteiger partial charge on any atom is -0.258 e. The summed E-state index contributed by atoms with van der Waals surface area (Å²) in [6.45, 7) is 0. The Balaban J connectivity index is 0.00000272. The van der Waals surface area contributed by atoms with E-state index in [2.05, 4.69) is 41.1 Å². The van der Waals surface area contributed by atoms with Gasteiger partial charge in [0.05, 0.1) is 10.5 Å². The molecule has 1 aromatic heterocycles. The number of aryl methyl sites for hydroxylation is 1. The highest BCUT2D eigenvalue weighted by Gasteiger charge is 2.18. The first-order valence-electron chi connectivity index (χ1n) is 9.69. The number of nitro benzene ring substituents is 1. The number of hydrogen-bond acceptors (Lipinski definition) is 2. The maximum atomic E-state index is 11.4. The van der Waals surface area contributed by atoms with Gasteiger partial charge in [-0.25, -0.2) is 0 Å². The molecule has 0 aliphatic carbocycles. The number of benzene rings is 3. The minimum atomic E-state index is -0.349. The fourth-order valence-corrected chi connectivity index (χ4v) is 3.61. The zero-order valence-electron chi connectivity index (χ0n) is 17.0. The third-order valence-corrected chi connectivity index (χ3v) is 5.00. The van der Waals surface area contributed by atoms with Gasteiger partial charge in [-0.1, -0.05) is 60.7 Å². The van der Waals surface area contributed by atoms with Crippen molar-refractivity contribution >= 4 is 41.8 Å². The van der Waals surface area contributed by atoms with Crippen LogP contribution in [0.2, 0.25) is 0 Å². The first-order chi connectivity index (χ1) is 14.6. The van der Waals surface area contributed by atoms with E-state index in [1.54, 1.807) is 12.1 Å². The lowest BCUT2D eigenvalue weighted by molar-refractivity contribution is -0.660. The molecule has 0 amide bonds. The zero-order chi connectivity index (χ0) is 20.9. The summed E-state index contributed by atoms with van der Waals surface area (Å²) < 4.78 is 2.11. The second-order valence-corrected chi connectivity index (χ2v) is 7.02. The maximum Gasteiger partial charge on any atom is 0.276 e. The van der Waals surface area contributed by atoms with E-state index >= 15 is 0 Å². The summed E-state index contributed by atoms with van der Waals surface area (Å²) >= 11 is 0. The predicted octanol–water partition coefficient (Wildman–Crippen LogP) is 6.54. The van der Waals surface area contributed by atoms with Crippen molar-refractivity contribution in [2.24, 2.45) is 7.05 Å². The lowest BCUT2D eigenvalue weighted by atomic mass is 9.99. The number of para-hydroxylation sites is 1. The van der Waals surface area contributed by atoms with Crippen molar-refractivity contribution in [2.75, 3.05) is 0 Å². The molecular formula is C26H22IN2O2+. The number of pyridine rings is 1. The molecule has 0 bridgehead atoms. The summed E-state index contributed by atoms with van der Waals surface area (Å²) in [4.78, 5) is 11.0. The smallest absolute Gasteiger partial charge is 0.258 e. The van der Waals surface area contributed by atoms with Crippen LogP contribution in [0.1, 0.15) is 11.1 Å². The molecular weight excluding hydrogens is 499 g/mol. The van der Waals surface area contributed by atoms with E-state index < -0.39 is 0 Å². The maximum absolute atomic E-state index is 11.4. The third-order valence-electron chi connectivity index (χ3n) is 5.00. The van der Waals surface area contributed by atoms with Crippen LogP contribution in [-0.4, -0.2) is 4.92 Å². The molecule has 0 fully saturated rings. The van der Waals surface area contributed by atoms with Gasteiger partial charge in [-0.15, -0.1) is 24.0 Å². The van der Waals surface area contributed by atoms with Crippen molar-refractivity contribution in [2.45, 2.75) is 0 Å². The van der Waals surface area contributed by atoms with Gasteiger partial charge in [-0.3, -0.25) is 10.1 Å². The Morgan fingerprint density at radius 2 is 1.29 bits per heavy atom. The summed E-state index contributed by atoms with van der Waals surface area (Å²) in [7, 11) is 2.02. The van der Waals surface area contributed by atoms with Crippen molar-refractivity contribution < 1.29 is 9.49 Å². The highest BCUT2D eigenvalue weighted by Crippen LogP contribution is 2.28. The molecule has 4 nitrogen and oxygen atoms in total. The van der Waals surface area contributed by atoms with E-state index in [0.717, 1.165) is 27.9 Å². The molecule has 0 atom stereocenters. The number of nitro groups is 1. The quantitative estimate of drug-likeness (QED) is 0.130. The van der Waals surface area contributed by atoms with Crippen LogP contribution < -0.4 is 4.57 Å². The van der Waals surface area contributed by atoms with E-state index in [1.807, 2.05) is 61.7 Å². The van der Waals surface area contributed by atoms with Gasteiger partial charge in [0, 0.05) is 22.8 Å². The van der Waals surface area contributed by atoms with Crippen LogP contribution in [0, 0.1) is 10.1 Å². The Hall–Kier alpha value is -3.32. The van der Waals surface area contributed by atoms with E-state index in [1.165, 1.54) is 6.07 Å². The summed E-state index contributed by atoms with van der Waals surface area (Å²) in [6.07, 6.45) is 5.88. The fourth-order valence-electron chi connectivity index (χ4n) is 3.61. The molecule has 0 saturated heterocycles. The number of aromatic nitrogens is 1. The molecule has 0 N–H and O–H groups in total. The van der Waals surface area contributed by atoms with Crippen molar-refractivity contribution in [1.82, 2.24) is 0 Å². The van der Waals surface area contributed by atoms with Crippen LogP contribution >= 0.6 is 24.0 Å². The highest BCUT2D eigenvalue weighted by atomic mass is 127. The van der Waals surface area contributed by atoms with Crippen LogP contribution in [0.15, 0.2) is 97.2 Å². The molecule has 31 heavy (non-hydrogen) atoms. The van der Waals surface area contributed by atoms with Crippen LogP contribution in [-0.2, 0) is 7.05 Å². The standard InChI is InChI=1S/C26H21N2O2.HI/c1-27-19-24(20-10-4-2-5-11-20)18-23(26(27)22-13-6-3-7-14-22)17-16-21-12-8-9-15-25(21)28(29)30;/h2-19H,1H3;1H/q+1;/b17-16+;. The Kier molecular flexibility index (Phi) is 7.31. The van der Waals surface area contributed by atoms with E-state index in [9.17, 15) is 10.1 Å². The summed E-state index contributed by atoms with van der Waals surface area (Å²) in [6, 6.07) is 29.2. The first-order valence-corrected chi connectivity index (χ1v) is 9.69. The fraction of sp³-hybridized carbons (Fsp3) is 0.0385. The van der Waals surface area contributed by atoms with Gasteiger partial charge >= 0.3 is 0 Å². The van der Waals surface area contributed by atoms with Crippen molar-refractivity contribution in [3.05, 3.63) is 118 Å². The summed E-state index contributed by atoms with van der Waals surface area (Å²) in [5.74, 6) is 0. The van der Waals surface area contributed by atoms with Crippen molar-refractivity contribution in [1.29, 1.82) is 0 Å². The van der Waals surface area contributed by atoms with Gasteiger partial charge in [0.25, 0.3) is 5.69 Å². The van der Waals surface area contributed by atoms with Gasteiger partial charge in [-0.05, 0) is 42.0 Å². The molecule has 4 rings (SSSR count). The summed E-state index contributed by atoms with van der Waals surface area (Å²) in [5, 5.41) is 11.4. The number of halogens is 1. The van der Waals surface area contributed by atoms with Crippen LogP contribution in [0.3, 0.4) is 0 Å². The van der Waals surface area contributed by atoms with Gasteiger partial charge < -0.3 is 0 Å². The lowest BCUT2D eigenvalue weighted by Gasteiger charge is -2.08. The normalized spacial score (nSPS) is 10.6. The SMILES string of the molecule is C[n+]1cc(-c2ccccc2)cc(/C=C/c2ccccc2[N+](=O)[O-])c1-c1ccccc1.I. The summed E-state index contributed by atoms with van der Waals surface area (Å²) in [5.41, 5.74) is 6.00. The Morgan fingerprint density at radius 1 is 0.742 bits per heavy atom. The van der Waals surface area contributed by atoms with Crippen molar-refractivity contribution in [3.63, 3.8) is 0 Å². The van der Waals surface area contributed by atoms with Gasteiger partial charge in [0.2, 0.25) is 5.69 Å². The van der Waals surface area contributed by atoms with E-state index in [-0.39, 0.29) is 34.6 Å². The number of rotatable bonds is 5. The Labute approximate surface area is 198 Å². The average Bonchev–Trinajstić information content (AvgIpc) is 2.78. The second kappa shape index (κ2) is 10.1. The number of nitrogens with zero attached hydrogens (tertiary/aromatic N) is 2. The first kappa shape index (κ1) is 22.4. The molecule has 0 spiro atoms. The topological polar surface area (TPSA) is 47.0 Å². The Bertz CT molecular complexity index is 1220. The average molecular weight is 521 g/mol. The monoisotopic (exact) mass is 521 g/mol. The van der Waals surface area contributed by atoms with Crippen LogP contribution in [0.5, 0.6) is 0 Å². The van der Waals surface area contributed by atoms with Gasteiger partial charge in [0.15, 0.2) is 6.20 Å². The van der Waals surface area contributed by atoms with Crippen molar-refractivity contribution in [3.8, 4) is 22.4 Å². The second-order valence-electron chi connectivity index (χ2n) is 7.02. The lowest BCUT2D eigenvalue weighted by Crippen LogP contribution is -2.31. The van der Waals surface area contributed by atoms with E-state index in [4.69, 9.17) is 0 Å². The molecule has 0 saturated carbocycles. The van der Waals surface area contributed by atoms with Crippen LogP contribution in [0.4, 0.5) is 5.69 Å². The molecule has 0 unspecified atom stereocenters. The Morgan fingerprint density at radius 3 is 1.94 bits per heavy atom. The molecule has 5 heteroatoms. The number of hydrogen-bond donors (Lipinski definition) is 0. The van der Waals surface area contributed by atoms with Crippen LogP contribution in [0.25, 0.3) is 34.5 Å². The predicted molar refractivity (Wildman–Crippen MR) is 136 cm³/mol. The van der Waals surface area contributed by atoms with E-state index in [0.29, 0.717) is 5.56 Å². The highest BCUT2D eigenvalue weighted by molar-refractivity contribution is 14.0. The van der Waals surface area contributed by atoms with Gasteiger partial charge in [0.1, 0.15) is 7.05 Å². The molecule has 0 aliphatic heterocycles. The molecule has 0 aliphatic rings. The third kappa shape index (κ3) is 5.06.